The first-order chi connectivity index (χ1) is 8.81. The van der Waals surface area contributed by atoms with E-state index in [-0.39, 0.29) is 12.5 Å². The van der Waals surface area contributed by atoms with Crippen molar-refractivity contribution in [3.8, 4) is 0 Å². The minimum absolute atomic E-state index is 0.179. The summed E-state index contributed by atoms with van der Waals surface area (Å²) in [5, 5.41) is 8.73. The number of rotatable bonds is 4. The molecule has 1 N–H and O–H groups in total. The highest BCUT2D eigenvalue weighted by molar-refractivity contribution is 5.76. The van der Waals surface area contributed by atoms with Crippen molar-refractivity contribution < 1.29 is 9.90 Å². The van der Waals surface area contributed by atoms with Crippen LogP contribution in [0, 0.1) is 0 Å². The van der Waals surface area contributed by atoms with Crippen molar-refractivity contribution in [3.05, 3.63) is 35.4 Å². The van der Waals surface area contributed by atoms with Crippen molar-refractivity contribution in [2.24, 2.45) is 0 Å². The standard InChI is InChI=1S/C15H21NO2/c17-12-4-3-7-15(18)16-10-8-13-5-1-2-6-14(13)9-11-16/h1-2,5-6,17H,3-4,7-12H2. The molecule has 98 valence electrons. The van der Waals surface area contributed by atoms with Gasteiger partial charge in [0.15, 0.2) is 0 Å². The van der Waals surface area contributed by atoms with Crippen molar-refractivity contribution in [2.45, 2.75) is 32.1 Å². The van der Waals surface area contributed by atoms with Crippen LogP contribution in [0.25, 0.3) is 0 Å². The Morgan fingerprint density at radius 3 is 2.28 bits per heavy atom. The molecule has 1 aromatic carbocycles. The Morgan fingerprint density at radius 2 is 1.72 bits per heavy atom. The minimum Gasteiger partial charge on any atom is -0.396 e. The lowest BCUT2D eigenvalue weighted by molar-refractivity contribution is -0.131. The summed E-state index contributed by atoms with van der Waals surface area (Å²) in [7, 11) is 0. The summed E-state index contributed by atoms with van der Waals surface area (Å²) < 4.78 is 0. The van der Waals surface area contributed by atoms with E-state index in [0.717, 1.165) is 38.8 Å². The van der Waals surface area contributed by atoms with Gasteiger partial charge in [0, 0.05) is 26.1 Å². The van der Waals surface area contributed by atoms with Crippen LogP contribution >= 0.6 is 0 Å². The van der Waals surface area contributed by atoms with Gasteiger partial charge >= 0.3 is 0 Å². The van der Waals surface area contributed by atoms with Crippen LogP contribution in [0.4, 0.5) is 0 Å². The van der Waals surface area contributed by atoms with E-state index in [1.165, 1.54) is 11.1 Å². The quantitative estimate of drug-likeness (QED) is 0.824. The van der Waals surface area contributed by atoms with Crippen molar-refractivity contribution in [1.82, 2.24) is 4.90 Å². The second-order valence-electron chi connectivity index (χ2n) is 4.83. The van der Waals surface area contributed by atoms with Crippen LogP contribution in [0.1, 0.15) is 30.4 Å². The van der Waals surface area contributed by atoms with Gasteiger partial charge in [-0.25, -0.2) is 0 Å². The molecule has 1 amide bonds. The van der Waals surface area contributed by atoms with Crippen LogP contribution in [-0.2, 0) is 17.6 Å². The molecular weight excluding hydrogens is 226 g/mol. The van der Waals surface area contributed by atoms with E-state index in [4.69, 9.17) is 5.11 Å². The van der Waals surface area contributed by atoms with Gasteiger partial charge in [-0.2, -0.15) is 0 Å². The fourth-order valence-corrected chi connectivity index (χ4v) is 2.46. The van der Waals surface area contributed by atoms with E-state index in [9.17, 15) is 4.79 Å². The highest BCUT2D eigenvalue weighted by Crippen LogP contribution is 2.16. The number of fused-ring (bicyclic) bond motifs is 1. The van der Waals surface area contributed by atoms with Crippen LogP contribution in [0.2, 0.25) is 0 Å². The average Bonchev–Trinajstić information content (AvgIpc) is 2.61. The van der Waals surface area contributed by atoms with Gasteiger partial charge in [-0.15, -0.1) is 0 Å². The second-order valence-corrected chi connectivity index (χ2v) is 4.83. The van der Waals surface area contributed by atoms with E-state index in [1.54, 1.807) is 0 Å². The maximum Gasteiger partial charge on any atom is 0.222 e. The van der Waals surface area contributed by atoms with Gasteiger partial charge in [-0.1, -0.05) is 24.3 Å². The van der Waals surface area contributed by atoms with Crippen molar-refractivity contribution in [1.29, 1.82) is 0 Å². The molecule has 0 fully saturated rings. The lowest BCUT2D eigenvalue weighted by atomic mass is 10.0. The smallest absolute Gasteiger partial charge is 0.222 e. The maximum absolute atomic E-state index is 12.0. The summed E-state index contributed by atoms with van der Waals surface area (Å²) in [5.41, 5.74) is 2.76. The molecule has 3 heteroatoms. The Balaban J connectivity index is 1.89. The fraction of sp³-hybridized carbons (Fsp3) is 0.533. The Morgan fingerprint density at radius 1 is 1.11 bits per heavy atom. The predicted octanol–water partition coefficient (Wildman–Crippen LogP) is 1.78. The number of amides is 1. The number of hydrogen-bond donors (Lipinski definition) is 1. The molecule has 0 saturated heterocycles. The molecule has 1 aromatic rings. The summed E-state index contributed by atoms with van der Waals surface area (Å²) in [6.45, 7) is 1.84. The number of aliphatic hydroxyl groups excluding tert-OH is 1. The number of benzene rings is 1. The molecule has 18 heavy (non-hydrogen) atoms. The third kappa shape index (κ3) is 3.33. The molecule has 0 saturated carbocycles. The largest absolute Gasteiger partial charge is 0.396 e. The van der Waals surface area contributed by atoms with Crippen molar-refractivity contribution in [3.63, 3.8) is 0 Å². The zero-order chi connectivity index (χ0) is 12.8. The molecular formula is C15H21NO2. The van der Waals surface area contributed by atoms with E-state index < -0.39 is 0 Å². The lowest BCUT2D eigenvalue weighted by Gasteiger charge is -2.20. The van der Waals surface area contributed by atoms with Crippen LogP contribution in [0.5, 0.6) is 0 Å². The molecule has 0 bridgehead atoms. The second kappa shape index (κ2) is 6.55. The topological polar surface area (TPSA) is 40.5 Å². The third-order valence-corrected chi connectivity index (χ3v) is 3.57. The zero-order valence-corrected chi connectivity index (χ0v) is 10.8. The fourth-order valence-electron chi connectivity index (χ4n) is 2.46. The van der Waals surface area contributed by atoms with Gasteiger partial charge in [0.25, 0.3) is 0 Å². The van der Waals surface area contributed by atoms with Gasteiger partial charge < -0.3 is 10.0 Å². The van der Waals surface area contributed by atoms with Gasteiger partial charge in [0.05, 0.1) is 0 Å². The molecule has 1 heterocycles. The van der Waals surface area contributed by atoms with Crippen LogP contribution in [0.15, 0.2) is 24.3 Å². The predicted molar refractivity (Wildman–Crippen MR) is 71.4 cm³/mol. The molecule has 0 aromatic heterocycles. The van der Waals surface area contributed by atoms with Gasteiger partial charge in [0.1, 0.15) is 0 Å². The third-order valence-electron chi connectivity index (χ3n) is 3.57. The van der Waals surface area contributed by atoms with E-state index in [0.29, 0.717) is 6.42 Å². The Hall–Kier alpha value is -1.35. The lowest BCUT2D eigenvalue weighted by Crippen LogP contribution is -2.33. The minimum atomic E-state index is 0.179. The number of carbonyl (C=O) groups excluding carboxylic acids is 1. The Kier molecular flexibility index (Phi) is 4.76. The van der Waals surface area contributed by atoms with Crippen molar-refractivity contribution in [2.75, 3.05) is 19.7 Å². The van der Waals surface area contributed by atoms with E-state index in [2.05, 4.69) is 24.3 Å². The zero-order valence-electron chi connectivity index (χ0n) is 10.8. The number of nitrogens with zero attached hydrogens (tertiary/aromatic N) is 1. The summed E-state index contributed by atoms with van der Waals surface area (Å²) in [6, 6.07) is 8.46. The molecule has 3 nitrogen and oxygen atoms in total. The molecule has 2 rings (SSSR count). The van der Waals surface area contributed by atoms with Crippen LogP contribution in [0.3, 0.4) is 0 Å². The average molecular weight is 247 g/mol. The Bertz CT molecular complexity index is 376. The van der Waals surface area contributed by atoms with Gasteiger partial charge in [-0.3, -0.25) is 4.79 Å². The van der Waals surface area contributed by atoms with Crippen molar-refractivity contribution >= 4 is 5.91 Å². The molecule has 0 unspecified atom stereocenters. The monoisotopic (exact) mass is 247 g/mol. The number of aliphatic hydroxyl groups is 1. The maximum atomic E-state index is 12.0. The molecule has 1 aliphatic rings. The first kappa shape index (κ1) is 13.1. The number of carbonyl (C=O) groups is 1. The molecule has 1 aliphatic heterocycles. The Labute approximate surface area is 108 Å². The highest BCUT2D eigenvalue weighted by atomic mass is 16.3. The summed E-state index contributed by atoms with van der Waals surface area (Å²) in [4.78, 5) is 14.0. The summed E-state index contributed by atoms with van der Waals surface area (Å²) in [5.74, 6) is 0.233. The highest BCUT2D eigenvalue weighted by Gasteiger charge is 2.17. The summed E-state index contributed by atoms with van der Waals surface area (Å²) >= 11 is 0. The number of hydrogen-bond acceptors (Lipinski definition) is 2. The van der Waals surface area contributed by atoms with Gasteiger partial charge in [0.2, 0.25) is 5.91 Å². The number of unbranched alkanes of at least 4 members (excludes halogenated alkanes) is 1. The SMILES string of the molecule is O=C(CCCCO)N1CCc2ccccc2CC1. The molecule has 0 spiro atoms. The normalized spacial score (nSPS) is 15.1. The first-order valence-corrected chi connectivity index (χ1v) is 6.76. The molecule has 0 atom stereocenters. The van der Waals surface area contributed by atoms with E-state index in [1.807, 2.05) is 4.90 Å². The molecule has 0 aliphatic carbocycles. The van der Waals surface area contributed by atoms with E-state index >= 15 is 0 Å². The van der Waals surface area contributed by atoms with Crippen LogP contribution in [-0.4, -0.2) is 35.6 Å². The summed E-state index contributed by atoms with van der Waals surface area (Å²) in [6.07, 6.45) is 4.00. The van der Waals surface area contributed by atoms with Crippen LogP contribution < -0.4 is 0 Å². The van der Waals surface area contributed by atoms with Gasteiger partial charge in [-0.05, 0) is 36.8 Å². The molecule has 0 radical (unpaired) electrons. The first-order valence-electron chi connectivity index (χ1n) is 6.76.